The predicted molar refractivity (Wildman–Crippen MR) is 76.0 cm³/mol. The van der Waals surface area contributed by atoms with E-state index in [0.717, 1.165) is 6.42 Å². The molecule has 6 nitrogen and oxygen atoms in total. The Morgan fingerprint density at radius 3 is 2.80 bits per heavy atom. The fraction of sp³-hybridized carbons (Fsp3) is 0.214. The van der Waals surface area contributed by atoms with Crippen molar-refractivity contribution in [1.29, 1.82) is 0 Å². The molecule has 2 heterocycles. The summed E-state index contributed by atoms with van der Waals surface area (Å²) in [4.78, 5) is 37.5. The number of nitrogens with one attached hydrogen (secondary N) is 2. The summed E-state index contributed by atoms with van der Waals surface area (Å²) in [7, 11) is 0. The van der Waals surface area contributed by atoms with Crippen molar-refractivity contribution < 1.29 is 4.79 Å². The van der Waals surface area contributed by atoms with Gasteiger partial charge in [-0.3, -0.25) is 14.4 Å². The molecule has 0 spiro atoms. The van der Waals surface area contributed by atoms with Crippen LogP contribution in [0.3, 0.4) is 0 Å². The highest BCUT2D eigenvalue weighted by atomic mass is 16.2. The lowest BCUT2D eigenvalue weighted by atomic mass is 10.2. The Labute approximate surface area is 115 Å². The first-order valence-corrected chi connectivity index (χ1v) is 6.31. The van der Waals surface area contributed by atoms with Crippen molar-refractivity contribution in [2.75, 3.05) is 5.32 Å². The minimum atomic E-state index is -0.506. The van der Waals surface area contributed by atoms with Crippen LogP contribution in [-0.2, 0) is 6.54 Å². The maximum Gasteiger partial charge on any atom is 0.261 e. The largest absolute Gasteiger partial charge is 0.328 e. The quantitative estimate of drug-likeness (QED) is 0.877. The summed E-state index contributed by atoms with van der Waals surface area (Å²) in [6.07, 6.45) is 3.84. The zero-order valence-electron chi connectivity index (χ0n) is 11.1. The van der Waals surface area contributed by atoms with Crippen molar-refractivity contribution in [1.82, 2.24) is 9.55 Å². The third kappa shape index (κ3) is 3.03. The van der Waals surface area contributed by atoms with Gasteiger partial charge in [-0.05, 0) is 24.6 Å². The van der Waals surface area contributed by atoms with E-state index >= 15 is 0 Å². The summed E-state index contributed by atoms with van der Waals surface area (Å²) in [5.41, 5.74) is -0.0682. The molecule has 0 bridgehead atoms. The van der Waals surface area contributed by atoms with Crippen LogP contribution in [0.5, 0.6) is 0 Å². The van der Waals surface area contributed by atoms with E-state index in [9.17, 15) is 14.4 Å². The van der Waals surface area contributed by atoms with Crippen LogP contribution in [0.1, 0.15) is 23.7 Å². The molecule has 0 unspecified atom stereocenters. The van der Waals surface area contributed by atoms with Crippen LogP contribution in [0, 0.1) is 0 Å². The molecule has 2 aromatic rings. The lowest BCUT2D eigenvalue weighted by Gasteiger charge is -2.08. The number of carbonyl (C=O) groups excluding carboxylic acids is 1. The van der Waals surface area contributed by atoms with E-state index in [1.165, 1.54) is 29.0 Å². The van der Waals surface area contributed by atoms with Crippen LogP contribution in [0.15, 0.2) is 46.2 Å². The molecule has 0 saturated carbocycles. The van der Waals surface area contributed by atoms with Gasteiger partial charge in [0.1, 0.15) is 5.56 Å². The van der Waals surface area contributed by atoms with Gasteiger partial charge in [0.25, 0.3) is 17.0 Å². The van der Waals surface area contributed by atoms with Crippen molar-refractivity contribution in [3.63, 3.8) is 0 Å². The van der Waals surface area contributed by atoms with E-state index in [1.54, 1.807) is 12.3 Å². The molecule has 6 heteroatoms. The fourth-order valence-electron chi connectivity index (χ4n) is 1.82. The summed E-state index contributed by atoms with van der Waals surface area (Å²) in [5, 5.41) is 2.61. The van der Waals surface area contributed by atoms with Crippen LogP contribution in [-0.4, -0.2) is 15.5 Å². The lowest BCUT2D eigenvalue weighted by molar-refractivity contribution is 0.102. The minimum absolute atomic E-state index is 0.0285. The monoisotopic (exact) mass is 273 g/mol. The van der Waals surface area contributed by atoms with Crippen LogP contribution < -0.4 is 16.4 Å². The molecule has 2 aromatic heterocycles. The summed E-state index contributed by atoms with van der Waals surface area (Å²) in [6, 6.07) is 5.93. The van der Waals surface area contributed by atoms with Crippen molar-refractivity contribution in [3.8, 4) is 0 Å². The van der Waals surface area contributed by atoms with Gasteiger partial charge in [-0.25, -0.2) is 0 Å². The van der Waals surface area contributed by atoms with Crippen molar-refractivity contribution in [2.45, 2.75) is 19.9 Å². The smallest absolute Gasteiger partial charge is 0.261 e. The number of pyridine rings is 2. The number of aromatic nitrogens is 2. The Bertz CT molecular complexity index is 731. The number of anilines is 1. The Morgan fingerprint density at radius 1 is 1.30 bits per heavy atom. The van der Waals surface area contributed by atoms with E-state index in [0.29, 0.717) is 12.2 Å². The second kappa shape index (κ2) is 6.01. The van der Waals surface area contributed by atoms with Gasteiger partial charge < -0.3 is 14.9 Å². The number of carbonyl (C=O) groups is 1. The summed E-state index contributed by atoms with van der Waals surface area (Å²) < 4.78 is 1.52. The SMILES string of the molecule is CCCn1cc(NC(=O)c2ccc[nH]c2=O)ccc1=O. The molecule has 0 aromatic carbocycles. The number of nitrogens with zero attached hydrogens (tertiary/aromatic N) is 1. The van der Waals surface area contributed by atoms with Crippen molar-refractivity contribution >= 4 is 11.6 Å². The topological polar surface area (TPSA) is 84.0 Å². The maximum atomic E-state index is 12.0. The average Bonchev–Trinajstić information content (AvgIpc) is 2.43. The molecule has 0 atom stereocenters. The Balaban J connectivity index is 2.24. The third-order valence-corrected chi connectivity index (χ3v) is 2.77. The molecule has 0 fully saturated rings. The number of hydrogen-bond donors (Lipinski definition) is 2. The Kier molecular flexibility index (Phi) is 4.14. The van der Waals surface area contributed by atoms with Gasteiger partial charge in [-0.15, -0.1) is 0 Å². The van der Waals surface area contributed by atoms with Gasteiger partial charge in [-0.1, -0.05) is 6.92 Å². The van der Waals surface area contributed by atoms with Crippen LogP contribution in [0.25, 0.3) is 0 Å². The standard InChI is InChI=1S/C14H15N3O3/c1-2-8-17-9-10(5-6-12(17)18)16-14(20)11-4-3-7-15-13(11)19/h3-7,9H,2,8H2,1H3,(H,15,19)(H,16,20). The number of hydrogen-bond acceptors (Lipinski definition) is 3. The molecule has 0 aliphatic rings. The average molecular weight is 273 g/mol. The summed E-state index contributed by atoms with van der Waals surface area (Å²) in [6.45, 7) is 2.54. The molecular weight excluding hydrogens is 258 g/mol. The van der Waals surface area contributed by atoms with E-state index in [-0.39, 0.29) is 11.1 Å². The molecule has 2 N–H and O–H groups in total. The number of rotatable bonds is 4. The molecular formula is C14H15N3O3. The zero-order valence-corrected chi connectivity index (χ0v) is 11.1. The Morgan fingerprint density at radius 2 is 2.10 bits per heavy atom. The summed E-state index contributed by atoms with van der Waals surface area (Å²) >= 11 is 0. The van der Waals surface area contributed by atoms with Gasteiger partial charge in [0.15, 0.2) is 0 Å². The van der Waals surface area contributed by atoms with Gasteiger partial charge in [0.2, 0.25) is 0 Å². The lowest BCUT2D eigenvalue weighted by Crippen LogP contribution is -2.24. The highest BCUT2D eigenvalue weighted by molar-refractivity contribution is 6.03. The zero-order chi connectivity index (χ0) is 14.5. The first-order chi connectivity index (χ1) is 9.61. The second-order valence-electron chi connectivity index (χ2n) is 4.32. The van der Waals surface area contributed by atoms with E-state index in [2.05, 4.69) is 10.3 Å². The van der Waals surface area contributed by atoms with E-state index in [4.69, 9.17) is 0 Å². The van der Waals surface area contributed by atoms with Gasteiger partial charge in [0.05, 0.1) is 5.69 Å². The first kappa shape index (κ1) is 13.8. The molecule has 2 rings (SSSR count). The number of aryl methyl sites for hydroxylation is 1. The number of amides is 1. The normalized spacial score (nSPS) is 10.2. The van der Waals surface area contributed by atoms with Gasteiger partial charge in [0, 0.05) is 25.0 Å². The molecule has 0 radical (unpaired) electrons. The van der Waals surface area contributed by atoms with Gasteiger partial charge >= 0.3 is 0 Å². The third-order valence-electron chi connectivity index (χ3n) is 2.77. The van der Waals surface area contributed by atoms with E-state index < -0.39 is 11.5 Å². The molecule has 0 aliphatic heterocycles. The van der Waals surface area contributed by atoms with Crippen LogP contribution >= 0.6 is 0 Å². The van der Waals surface area contributed by atoms with Crippen molar-refractivity contribution in [3.05, 3.63) is 62.9 Å². The van der Waals surface area contributed by atoms with Crippen LogP contribution in [0.4, 0.5) is 5.69 Å². The van der Waals surface area contributed by atoms with Crippen LogP contribution in [0.2, 0.25) is 0 Å². The number of H-pyrrole nitrogens is 1. The molecule has 20 heavy (non-hydrogen) atoms. The van der Waals surface area contributed by atoms with Crippen molar-refractivity contribution in [2.24, 2.45) is 0 Å². The van der Waals surface area contributed by atoms with E-state index in [1.807, 2.05) is 6.92 Å². The molecule has 0 saturated heterocycles. The highest BCUT2D eigenvalue weighted by Gasteiger charge is 2.10. The predicted octanol–water partition coefficient (Wildman–Crippen LogP) is 1.20. The molecule has 1 amide bonds. The number of aromatic amines is 1. The molecule has 0 aliphatic carbocycles. The second-order valence-corrected chi connectivity index (χ2v) is 4.32. The Hall–Kier alpha value is -2.63. The molecule has 104 valence electrons. The highest BCUT2D eigenvalue weighted by Crippen LogP contribution is 2.05. The first-order valence-electron chi connectivity index (χ1n) is 6.31. The van der Waals surface area contributed by atoms with Gasteiger partial charge in [-0.2, -0.15) is 0 Å². The summed E-state index contributed by atoms with van der Waals surface area (Å²) in [5.74, 6) is -0.506. The fourth-order valence-corrected chi connectivity index (χ4v) is 1.82. The maximum absolute atomic E-state index is 12.0. The minimum Gasteiger partial charge on any atom is -0.328 e.